The molecule has 0 bridgehead atoms. The maximum absolute atomic E-state index is 12.2. The number of aromatic nitrogens is 5. The minimum Gasteiger partial charge on any atom is -0.388 e. The van der Waals surface area contributed by atoms with E-state index in [2.05, 4.69) is 25.3 Å². The number of aliphatic hydroxyl groups is 2. The summed E-state index contributed by atoms with van der Waals surface area (Å²) in [5, 5.41) is 23.6. The second-order valence-electron chi connectivity index (χ2n) is 6.50. The molecule has 0 radical (unpaired) electrons. The summed E-state index contributed by atoms with van der Waals surface area (Å²) < 4.78 is 7.37. The number of amides is 1. The molecule has 1 aliphatic heterocycles. The number of imidazole rings is 1. The highest BCUT2D eigenvalue weighted by atomic mass is 16.5. The van der Waals surface area contributed by atoms with Gasteiger partial charge in [-0.25, -0.2) is 15.0 Å². The van der Waals surface area contributed by atoms with Crippen LogP contribution in [0, 0.1) is 0 Å². The molecule has 1 aliphatic rings. The summed E-state index contributed by atoms with van der Waals surface area (Å²) in [6.45, 7) is 0.243. The molecule has 5 N–H and O–H groups in total. The number of fused-ring (bicyclic) bond motifs is 1. The van der Waals surface area contributed by atoms with Gasteiger partial charge in [-0.1, -0.05) is 0 Å². The number of nitrogens with one attached hydrogen (secondary N) is 1. The monoisotopic (exact) mass is 385 g/mol. The fourth-order valence-electron chi connectivity index (χ4n) is 3.15. The van der Waals surface area contributed by atoms with E-state index in [1.54, 1.807) is 22.9 Å². The molecule has 28 heavy (non-hydrogen) atoms. The first-order chi connectivity index (χ1) is 13.5. The van der Waals surface area contributed by atoms with Crippen molar-refractivity contribution in [1.29, 1.82) is 0 Å². The molecular formula is C17H19N7O4. The van der Waals surface area contributed by atoms with E-state index in [0.29, 0.717) is 16.7 Å². The predicted molar refractivity (Wildman–Crippen MR) is 97.0 cm³/mol. The number of hydrogen-bond donors (Lipinski definition) is 4. The van der Waals surface area contributed by atoms with E-state index in [4.69, 9.17) is 10.5 Å². The van der Waals surface area contributed by atoms with Crippen LogP contribution in [0.1, 0.15) is 10.4 Å². The molecule has 3 aromatic rings. The van der Waals surface area contributed by atoms with E-state index in [-0.39, 0.29) is 19.0 Å². The maximum Gasteiger partial charge on any atom is 0.253 e. The molecule has 11 heteroatoms. The second-order valence-corrected chi connectivity index (χ2v) is 6.50. The summed E-state index contributed by atoms with van der Waals surface area (Å²) in [4.78, 5) is 28.3. The SMILES string of the molecule is Nc1ncnc2c1ncn2C[C@H]1OC[C@@H](NC(=O)c2cccnc2)[C@H](O)[C@@H]1O. The Kier molecular flexibility index (Phi) is 4.86. The number of anilines is 1. The van der Waals surface area contributed by atoms with Gasteiger partial charge in [-0.3, -0.25) is 9.78 Å². The van der Waals surface area contributed by atoms with Crippen molar-refractivity contribution in [3.63, 3.8) is 0 Å². The molecule has 0 aliphatic carbocycles. The zero-order valence-corrected chi connectivity index (χ0v) is 14.7. The topological polar surface area (TPSA) is 161 Å². The Hall–Kier alpha value is -3.15. The lowest BCUT2D eigenvalue weighted by Crippen LogP contribution is -2.59. The minimum absolute atomic E-state index is 0.0403. The molecule has 0 saturated carbocycles. The lowest BCUT2D eigenvalue weighted by molar-refractivity contribution is -0.152. The van der Waals surface area contributed by atoms with Crippen LogP contribution in [0.2, 0.25) is 0 Å². The van der Waals surface area contributed by atoms with E-state index < -0.39 is 30.3 Å². The van der Waals surface area contributed by atoms with Crippen molar-refractivity contribution >= 4 is 22.9 Å². The summed E-state index contributed by atoms with van der Waals surface area (Å²) in [5.74, 6) is -0.147. The molecule has 4 rings (SSSR count). The Bertz CT molecular complexity index is 980. The standard InChI is InChI=1S/C17H19N7O4/c18-15-12-16(21-7-20-15)24(8-22-12)5-11-14(26)13(25)10(6-28-11)23-17(27)9-2-1-3-19-4-9/h1-4,7-8,10-11,13-14,25-26H,5-6H2,(H,23,27)(H2,18,20,21)/t10-,11-,13+,14-/m1/s1. The van der Waals surface area contributed by atoms with E-state index in [0.717, 1.165) is 0 Å². The van der Waals surface area contributed by atoms with Gasteiger partial charge in [0.2, 0.25) is 0 Å². The highest BCUT2D eigenvalue weighted by Crippen LogP contribution is 2.20. The summed E-state index contributed by atoms with van der Waals surface area (Å²) in [5.41, 5.74) is 7.09. The zero-order valence-electron chi connectivity index (χ0n) is 14.7. The van der Waals surface area contributed by atoms with Gasteiger partial charge >= 0.3 is 0 Å². The Morgan fingerprint density at radius 2 is 2.18 bits per heavy atom. The van der Waals surface area contributed by atoms with Crippen molar-refractivity contribution in [2.24, 2.45) is 0 Å². The minimum atomic E-state index is -1.22. The number of hydrogen-bond acceptors (Lipinski definition) is 9. The van der Waals surface area contributed by atoms with Crippen LogP contribution in [0.15, 0.2) is 37.2 Å². The molecule has 1 saturated heterocycles. The fraction of sp³-hybridized carbons (Fsp3) is 0.353. The largest absolute Gasteiger partial charge is 0.388 e. The normalized spacial score (nSPS) is 24.9. The number of aliphatic hydroxyl groups excluding tert-OH is 2. The van der Waals surface area contributed by atoms with Crippen LogP contribution >= 0.6 is 0 Å². The van der Waals surface area contributed by atoms with Gasteiger partial charge in [-0.15, -0.1) is 0 Å². The van der Waals surface area contributed by atoms with Gasteiger partial charge in [0.1, 0.15) is 30.2 Å². The quantitative estimate of drug-likeness (QED) is 0.429. The van der Waals surface area contributed by atoms with Gasteiger partial charge in [-0.05, 0) is 12.1 Å². The molecular weight excluding hydrogens is 366 g/mol. The van der Waals surface area contributed by atoms with Crippen LogP contribution in [0.4, 0.5) is 5.82 Å². The Morgan fingerprint density at radius 1 is 1.32 bits per heavy atom. The van der Waals surface area contributed by atoms with E-state index >= 15 is 0 Å². The average Bonchev–Trinajstić information content (AvgIpc) is 3.12. The van der Waals surface area contributed by atoms with Crippen molar-refractivity contribution in [2.75, 3.05) is 12.3 Å². The third-order valence-corrected chi connectivity index (χ3v) is 4.68. The number of carbonyl (C=O) groups is 1. The molecule has 4 atom stereocenters. The maximum atomic E-state index is 12.2. The highest BCUT2D eigenvalue weighted by Gasteiger charge is 2.39. The molecule has 3 aromatic heterocycles. The summed E-state index contributed by atoms with van der Waals surface area (Å²) in [7, 11) is 0. The van der Waals surface area contributed by atoms with Crippen molar-refractivity contribution in [1.82, 2.24) is 29.8 Å². The van der Waals surface area contributed by atoms with Gasteiger partial charge < -0.3 is 30.6 Å². The van der Waals surface area contributed by atoms with Gasteiger partial charge in [0, 0.05) is 12.4 Å². The number of carbonyl (C=O) groups excluding carboxylic acids is 1. The summed E-state index contributed by atoms with van der Waals surface area (Å²) >= 11 is 0. The van der Waals surface area contributed by atoms with Crippen LogP contribution in [-0.4, -0.2) is 71.6 Å². The molecule has 0 unspecified atom stereocenters. The summed E-state index contributed by atoms with van der Waals surface area (Å²) in [6.07, 6.45) is 2.69. The number of nitrogen functional groups attached to an aromatic ring is 1. The molecule has 0 aromatic carbocycles. The lowest BCUT2D eigenvalue weighted by atomic mass is 9.97. The number of rotatable bonds is 4. The molecule has 1 amide bonds. The first kappa shape index (κ1) is 18.2. The van der Waals surface area contributed by atoms with Crippen LogP contribution in [-0.2, 0) is 11.3 Å². The molecule has 1 fully saturated rings. The molecule has 0 spiro atoms. The van der Waals surface area contributed by atoms with E-state index in [1.807, 2.05) is 0 Å². The average molecular weight is 385 g/mol. The van der Waals surface area contributed by atoms with Crippen molar-refractivity contribution in [3.05, 3.63) is 42.7 Å². The van der Waals surface area contributed by atoms with Gasteiger partial charge in [-0.2, -0.15) is 0 Å². The first-order valence-corrected chi connectivity index (χ1v) is 8.64. The second kappa shape index (κ2) is 7.46. The van der Waals surface area contributed by atoms with Gasteiger partial charge in [0.05, 0.1) is 31.1 Å². The van der Waals surface area contributed by atoms with Crippen LogP contribution < -0.4 is 11.1 Å². The number of pyridine rings is 1. The van der Waals surface area contributed by atoms with Crippen LogP contribution in [0.3, 0.4) is 0 Å². The van der Waals surface area contributed by atoms with Crippen LogP contribution in [0.25, 0.3) is 11.2 Å². The molecule has 4 heterocycles. The van der Waals surface area contributed by atoms with Gasteiger partial charge in [0.15, 0.2) is 11.5 Å². The molecule has 146 valence electrons. The van der Waals surface area contributed by atoms with E-state index in [1.165, 1.54) is 18.9 Å². The highest BCUT2D eigenvalue weighted by molar-refractivity contribution is 5.94. The molecule has 11 nitrogen and oxygen atoms in total. The fourth-order valence-corrected chi connectivity index (χ4v) is 3.15. The zero-order chi connectivity index (χ0) is 19.7. The smallest absolute Gasteiger partial charge is 0.253 e. The Balaban J connectivity index is 1.43. The van der Waals surface area contributed by atoms with Crippen LogP contribution in [0.5, 0.6) is 0 Å². The first-order valence-electron chi connectivity index (χ1n) is 8.64. The lowest BCUT2D eigenvalue weighted by Gasteiger charge is -2.38. The van der Waals surface area contributed by atoms with Crippen molar-refractivity contribution < 1.29 is 19.7 Å². The van der Waals surface area contributed by atoms with Crippen molar-refractivity contribution in [3.8, 4) is 0 Å². The Morgan fingerprint density at radius 3 is 2.96 bits per heavy atom. The predicted octanol–water partition coefficient (Wildman–Crippen LogP) is -1.28. The number of ether oxygens (including phenoxy) is 1. The van der Waals surface area contributed by atoms with E-state index in [9.17, 15) is 15.0 Å². The Labute approximate surface area is 159 Å². The number of nitrogens with zero attached hydrogens (tertiary/aromatic N) is 5. The van der Waals surface area contributed by atoms with Gasteiger partial charge in [0.25, 0.3) is 5.91 Å². The summed E-state index contributed by atoms with van der Waals surface area (Å²) in [6, 6.07) is 2.49. The number of nitrogens with two attached hydrogens (primary N) is 1. The third-order valence-electron chi connectivity index (χ3n) is 4.68. The van der Waals surface area contributed by atoms with Crippen molar-refractivity contribution in [2.45, 2.75) is 30.9 Å². The third kappa shape index (κ3) is 3.38.